The summed E-state index contributed by atoms with van der Waals surface area (Å²) in [5, 5.41) is 8.74. The largest absolute Gasteiger partial charge is 0.494 e. The first kappa shape index (κ1) is 44.6. The van der Waals surface area contributed by atoms with Gasteiger partial charge in [-0.1, -0.05) is 68.4 Å². The summed E-state index contributed by atoms with van der Waals surface area (Å²) in [5.74, 6) is 0.216. The normalized spacial score (nSPS) is 12.0. The van der Waals surface area contributed by atoms with Gasteiger partial charge >= 0.3 is 5.97 Å². The smallest absolute Gasteiger partial charge is 0.329 e. The molecule has 0 heterocycles. The van der Waals surface area contributed by atoms with Crippen molar-refractivity contribution in [2.45, 2.75) is 83.9 Å². The number of amides is 2. The zero-order valence-electron chi connectivity index (χ0n) is 32.6. The Morgan fingerprint density at radius 1 is 0.582 bits per heavy atom. The lowest BCUT2D eigenvalue weighted by molar-refractivity contribution is -0.149. The van der Waals surface area contributed by atoms with Gasteiger partial charge < -0.3 is 39.6 Å². The van der Waals surface area contributed by atoms with Crippen LogP contribution < -0.4 is 25.4 Å². The fourth-order valence-electron chi connectivity index (χ4n) is 5.41. The summed E-state index contributed by atoms with van der Waals surface area (Å²) in [5.41, 5.74) is 2.58. The standard InChI is InChI=1S/C43H59N3O9/c1-4-24-51-27-21-41(48)45-38(30-33-13-19-37(20-14-33)54-29-23-44-3)40(47)12-9-26-52-28-22-42(49)46-39(43(50)55-32-35-10-7-6-8-11-35)31-34-15-17-36(18-16-34)53-25-5-2/h6-8,10-11,13-20,38-39,44H,4-5,9,12,21-32H2,1-3H3,(H,45,48)(H,46,49)/t38-,39-/m0/s1. The van der Waals surface area contributed by atoms with Gasteiger partial charge in [0.15, 0.2) is 5.78 Å². The van der Waals surface area contributed by atoms with E-state index in [2.05, 4.69) is 16.0 Å². The van der Waals surface area contributed by atoms with E-state index in [0.29, 0.717) is 32.7 Å². The molecule has 2 atom stereocenters. The van der Waals surface area contributed by atoms with Crippen LogP contribution in [-0.2, 0) is 52.8 Å². The van der Waals surface area contributed by atoms with E-state index >= 15 is 0 Å². The Kier molecular flexibility index (Phi) is 21.8. The van der Waals surface area contributed by atoms with Crippen LogP contribution in [0.5, 0.6) is 11.5 Å². The number of hydrogen-bond acceptors (Lipinski definition) is 10. The van der Waals surface area contributed by atoms with E-state index < -0.39 is 18.1 Å². The van der Waals surface area contributed by atoms with Gasteiger partial charge in [-0.25, -0.2) is 4.79 Å². The molecular formula is C43H59N3O9. The Labute approximate surface area is 326 Å². The van der Waals surface area contributed by atoms with E-state index in [1.54, 1.807) is 0 Å². The monoisotopic (exact) mass is 761 g/mol. The van der Waals surface area contributed by atoms with Gasteiger partial charge in [-0.3, -0.25) is 14.4 Å². The Morgan fingerprint density at radius 2 is 1.13 bits per heavy atom. The molecule has 3 aromatic rings. The second-order valence-corrected chi connectivity index (χ2v) is 13.1. The van der Waals surface area contributed by atoms with Crippen molar-refractivity contribution in [3.8, 4) is 11.5 Å². The van der Waals surface area contributed by atoms with Crippen LogP contribution in [0.3, 0.4) is 0 Å². The van der Waals surface area contributed by atoms with Gasteiger partial charge in [0.25, 0.3) is 0 Å². The Hall–Kier alpha value is -4.78. The number of rotatable bonds is 29. The SMILES string of the molecule is CCCOCCC(=O)N[C@@H](Cc1ccc(OCCNC)cc1)C(=O)CCCOCCC(=O)N[C@@H](Cc1ccc(OCCC)cc1)C(=O)OCc1ccccc1. The van der Waals surface area contributed by atoms with Crippen molar-refractivity contribution in [2.24, 2.45) is 0 Å². The molecule has 55 heavy (non-hydrogen) atoms. The van der Waals surface area contributed by atoms with Crippen molar-refractivity contribution < 1.29 is 42.9 Å². The molecule has 0 spiro atoms. The summed E-state index contributed by atoms with van der Waals surface area (Å²) in [4.78, 5) is 52.2. The van der Waals surface area contributed by atoms with Crippen molar-refractivity contribution in [2.75, 3.05) is 53.2 Å². The average Bonchev–Trinajstić information content (AvgIpc) is 3.20. The van der Waals surface area contributed by atoms with Crippen molar-refractivity contribution in [1.29, 1.82) is 0 Å². The second kappa shape index (κ2) is 26.9. The first-order chi connectivity index (χ1) is 26.8. The summed E-state index contributed by atoms with van der Waals surface area (Å²) in [6.45, 7) is 7.22. The number of carbonyl (C=O) groups is 4. The molecule has 0 aliphatic heterocycles. The van der Waals surface area contributed by atoms with Gasteiger partial charge in [-0.2, -0.15) is 0 Å². The number of ketones is 1. The molecule has 0 aliphatic rings. The van der Waals surface area contributed by atoms with E-state index in [-0.39, 0.29) is 69.7 Å². The van der Waals surface area contributed by atoms with E-state index in [9.17, 15) is 19.2 Å². The molecular weight excluding hydrogens is 702 g/mol. The van der Waals surface area contributed by atoms with Crippen LogP contribution in [0.4, 0.5) is 0 Å². The molecule has 12 nitrogen and oxygen atoms in total. The summed E-state index contributed by atoms with van der Waals surface area (Å²) >= 11 is 0. The van der Waals surface area contributed by atoms with Crippen molar-refractivity contribution >= 4 is 23.6 Å². The van der Waals surface area contributed by atoms with Gasteiger partial charge in [0, 0.05) is 45.4 Å². The maximum absolute atomic E-state index is 13.3. The molecule has 0 saturated heterocycles. The minimum atomic E-state index is -0.899. The third-order valence-electron chi connectivity index (χ3n) is 8.39. The summed E-state index contributed by atoms with van der Waals surface area (Å²) in [7, 11) is 1.86. The fraction of sp³-hybridized carbons (Fsp3) is 0.488. The number of likely N-dealkylation sites (N-methyl/N-ethyl adjacent to an activating group) is 1. The highest BCUT2D eigenvalue weighted by atomic mass is 16.5. The molecule has 2 amide bonds. The number of esters is 1. The van der Waals surface area contributed by atoms with Gasteiger partial charge in [0.05, 0.1) is 25.9 Å². The molecule has 300 valence electrons. The van der Waals surface area contributed by atoms with Crippen LogP contribution in [0.25, 0.3) is 0 Å². The number of benzene rings is 3. The van der Waals surface area contributed by atoms with Crippen LogP contribution in [0, 0.1) is 0 Å². The van der Waals surface area contributed by atoms with Gasteiger partial charge in [-0.05, 0) is 73.7 Å². The molecule has 0 radical (unpaired) electrons. The molecule has 0 saturated carbocycles. The van der Waals surface area contributed by atoms with Crippen molar-refractivity contribution in [1.82, 2.24) is 16.0 Å². The summed E-state index contributed by atoms with van der Waals surface area (Å²) in [6.07, 6.45) is 3.12. The number of Topliss-reactive ketones (excluding diaryl/α,β-unsaturated/α-hetero) is 1. The predicted molar refractivity (Wildman–Crippen MR) is 211 cm³/mol. The minimum Gasteiger partial charge on any atom is -0.494 e. The highest BCUT2D eigenvalue weighted by molar-refractivity contribution is 5.89. The molecule has 3 aromatic carbocycles. The highest BCUT2D eigenvalue weighted by Crippen LogP contribution is 2.16. The highest BCUT2D eigenvalue weighted by Gasteiger charge is 2.24. The fourth-order valence-corrected chi connectivity index (χ4v) is 5.41. The third-order valence-corrected chi connectivity index (χ3v) is 8.39. The first-order valence-electron chi connectivity index (χ1n) is 19.4. The Morgan fingerprint density at radius 3 is 1.71 bits per heavy atom. The van der Waals surface area contributed by atoms with Crippen LogP contribution >= 0.6 is 0 Å². The number of ether oxygens (including phenoxy) is 5. The van der Waals surface area contributed by atoms with Crippen LogP contribution in [0.15, 0.2) is 78.9 Å². The van der Waals surface area contributed by atoms with Gasteiger partial charge in [0.1, 0.15) is 30.8 Å². The predicted octanol–water partition coefficient (Wildman–Crippen LogP) is 5.14. The zero-order valence-corrected chi connectivity index (χ0v) is 32.6. The Balaban J connectivity index is 1.49. The lowest BCUT2D eigenvalue weighted by Crippen LogP contribution is -2.43. The maximum Gasteiger partial charge on any atom is 0.329 e. The lowest BCUT2D eigenvalue weighted by Gasteiger charge is -2.19. The average molecular weight is 762 g/mol. The minimum absolute atomic E-state index is 0.0215. The zero-order chi connectivity index (χ0) is 39.5. The lowest BCUT2D eigenvalue weighted by atomic mass is 9.99. The summed E-state index contributed by atoms with van der Waals surface area (Å²) in [6, 6.07) is 22.7. The van der Waals surface area contributed by atoms with Gasteiger partial charge in [-0.15, -0.1) is 0 Å². The molecule has 0 aliphatic carbocycles. The topological polar surface area (TPSA) is 151 Å². The number of nitrogens with one attached hydrogen (secondary N) is 3. The Bertz CT molecular complexity index is 1540. The molecule has 3 rings (SSSR count). The molecule has 0 unspecified atom stereocenters. The van der Waals surface area contributed by atoms with Crippen LogP contribution in [-0.4, -0.2) is 88.9 Å². The maximum atomic E-state index is 13.3. The first-order valence-corrected chi connectivity index (χ1v) is 19.4. The molecule has 12 heteroatoms. The number of hydrogen-bond donors (Lipinski definition) is 3. The van der Waals surface area contributed by atoms with E-state index in [1.165, 1.54) is 0 Å². The van der Waals surface area contributed by atoms with E-state index in [4.69, 9.17) is 23.7 Å². The van der Waals surface area contributed by atoms with Crippen LogP contribution in [0.1, 0.15) is 69.1 Å². The van der Waals surface area contributed by atoms with Crippen LogP contribution in [0.2, 0.25) is 0 Å². The van der Waals surface area contributed by atoms with Crippen molar-refractivity contribution in [3.63, 3.8) is 0 Å². The summed E-state index contributed by atoms with van der Waals surface area (Å²) < 4.78 is 28.1. The number of carbonyl (C=O) groups excluding carboxylic acids is 4. The quantitative estimate of drug-likeness (QED) is 0.0641. The molecule has 0 fully saturated rings. The molecule has 0 bridgehead atoms. The second-order valence-electron chi connectivity index (χ2n) is 13.1. The van der Waals surface area contributed by atoms with Crippen molar-refractivity contribution in [3.05, 3.63) is 95.6 Å². The van der Waals surface area contributed by atoms with E-state index in [1.807, 2.05) is 99.8 Å². The van der Waals surface area contributed by atoms with E-state index in [0.717, 1.165) is 47.6 Å². The molecule has 3 N–H and O–H groups in total. The third kappa shape index (κ3) is 18.9. The van der Waals surface area contributed by atoms with Gasteiger partial charge in [0.2, 0.25) is 11.8 Å². The molecule has 0 aromatic heterocycles.